The molecule has 0 N–H and O–H groups in total. The van der Waals surface area contributed by atoms with Gasteiger partial charge in [-0.2, -0.15) is 0 Å². The van der Waals surface area contributed by atoms with E-state index < -0.39 is 4.92 Å². The van der Waals surface area contributed by atoms with E-state index in [1.165, 1.54) is 23.5 Å². The highest BCUT2D eigenvalue weighted by atomic mass is 32.2. The first-order chi connectivity index (χ1) is 11.5. The second-order valence-electron chi connectivity index (χ2n) is 5.16. The molecule has 0 radical (unpaired) electrons. The van der Waals surface area contributed by atoms with Gasteiger partial charge in [0, 0.05) is 17.0 Å². The quantitative estimate of drug-likeness (QED) is 0.464. The van der Waals surface area contributed by atoms with Gasteiger partial charge in [-0.05, 0) is 47.3 Å². The SMILES string of the molecule is Cc1ccsc1/C=C1/SC(=O)N(Cc2ccc([N+](=O)[O-])cc2)C1=O. The first-order valence-corrected chi connectivity index (χ1v) is 8.68. The summed E-state index contributed by atoms with van der Waals surface area (Å²) in [6.07, 6.45) is 1.74. The normalized spacial score (nSPS) is 16.2. The van der Waals surface area contributed by atoms with Gasteiger partial charge in [0.05, 0.1) is 16.4 Å². The van der Waals surface area contributed by atoms with Crippen LogP contribution in [0, 0.1) is 17.0 Å². The van der Waals surface area contributed by atoms with Crippen LogP contribution in [0.1, 0.15) is 16.0 Å². The van der Waals surface area contributed by atoms with Crippen LogP contribution in [0.4, 0.5) is 10.5 Å². The minimum absolute atomic E-state index is 0.0269. The van der Waals surface area contributed by atoms with Crippen LogP contribution >= 0.6 is 23.1 Å². The molecule has 2 aromatic rings. The summed E-state index contributed by atoms with van der Waals surface area (Å²) in [4.78, 5) is 37.2. The van der Waals surface area contributed by atoms with Crippen molar-refractivity contribution >= 4 is 46.0 Å². The van der Waals surface area contributed by atoms with Gasteiger partial charge in [0.15, 0.2) is 0 Å². The summed E-state index contributed by atoms with van der Waals surface area (Å²) in [6, 6.07) is 7.78. The largest absolute Gasteiger partial charge is 0.293 e. The number of amides is 2. The predicted octanol–water partition coefficient (Wildman–Crippen LogP) is 4.20. The number of carbonyl (C=O) groups is 2. The second-order valence-corrected chi connectivity index (χ2v) is 7.10. The Hall–Kier alpha value is -2.45. The van der Waals surface area contributed by atoms with E-state index in [0.717, 1.165) is 27.1 Å². The van der Waals surface area contributed by atoms with Crippen LogP contribution in [0.2, 0.25) is 0 Å². The number of imide groups is 1. The molecule has 1 aromatic heterocycles. The van der Waals surface area contributed by atoms with Gasteiger partial charge < -0.3 is 0 Å². The molecule has 122 valence electrons. The molecule has 1 aromatic carbocycles. The number of nitro benzene ring substituents is 1. The minimum atomic E-state index is -0.490. The molecule has 1 saturated heterocycles. The molecular formula is C16H12N2O4S2. The lowest BCUT2D eigenvalue weighted by Gasteiger charge is -2.12. The number of benzene rings is 1. The Balaban J connectivity index is 1.78. The first kappa shape index (κ1) is 16.4. The molecule has 1 aliphatic heterocycles. The number of thioether (sulfide) groups is 1. The number of rotatable bonds is 4. The number of non-ortho nitro benzene ring substituents is 1. The van der Waals surface area contributed by atoms with E-state index in [-0.39, 0.29) is 23.4 Å². The Bertz CT molecular complexity index is 855. The first-order valence-electron chi connectivity index (χ1n) is 6.98. The van der Waals surface area contributed by atoms with Crippen LogP contribution in [0.3, 0.4) is 0 Å². The summed E-state index contributed by atoms with van der Waals surface area (Å²) in [5.41, 5.74) is 1.69. The topological polar surface area (TPSA) is 80.5 Å². The molecule has 0 atom stereocenters. The Morgan fingerprint density at radius 3 is 2.50 bits per heavy atom. The molecule has 8 heteroatoms. The van der Waals surface area contributed by atoms with E-state index in [1.54, 1.807) is 18.2 Å². The average Bonchev–Trinajstić information content (AvgIpc) is 3.07. The molecule has 0 saturated carbocycles. The zero-order valence-electron chi connectivity index (χ0n) is 12.6. The van der Waals surface area contributed by atoms with Gasteiger partial charge in [0.2, 0.25) is 0 Å². The summed E-state index contributed by atoms with van der Waals surface area (Å²) in [6.45, 7) is 2.05. The summed E-state index contributed by atoms with van der Waals surface area (Å²) < 4.78 is 0. The van der Waals surface area contributed by atoms with E-state index in [2.05, 4.69) is 0 Å². The molecule has 6 nitrogen and oxygen atoms in total. The lowest BCUT2D eigenvalue weighted by Crippen LogP contribution is -2.27. The van der Waals surface area contributed by atoms with Crippen molar-refractivity contribution in [2.45, 2.75) is 13.5 Å². The minimum Gasteiger partial charge on any atom is -0.268 e. The summed E-state index contributed by atoms with van der Waals surface area (Å²) >= 11 is 2.43. The number of thiophene rings is 1. The molecule has 0 unspecified atom stereocenters. The van der Waals surface area contributed by atoms with Crippen molar-refractivity contribution in [1.29, 1.82) is 0 Å². The van der Waals surface area contributed by atoms with Crippen molar-refractivity contribution in [3.8, 4) is 0 Å². The van der Waals surface area contributed by atoms with E-state index in [4.69, 9.17) is 0 Å². The van der Waals surface area contributed by atoms with Gasteiger partial charge in [-0.15, -0.1) is 11.3 Å². The maximum atomic E-state index is 12.4. The number of nitrogens with zero attached hydrogens (tertiary/aromatic N) is 2. The van der Waals surface area contributed by atoms with Crippen LogP contribution in [-0.4, -0.2) is 21.0 Å². The third-order valence-electron chi connectivity index (χ3n) is 3.53. The van der Waals surface area contributed by atoms with E-state index in [0.29, 0.717) is 10.5 Å². The molecule has 3 rings (SSSR count). The second kappa shape index (κ2) is 6.58. The number of hydrogen-bond donors (Lipinski definition) is 0. The van der Waals surface area contributed by atoms with Crippen molar-refractivity contribution in [3.05, 3.63) is 66.7 Å². The predicted molar refractivity (Wildman–Crippen MR) is 93.7 cm³/mol. The molecule has 24 heavy (non-hydrogen) atoms. The van der Waals surface area contributed by atoms with Crippen molar-refractivity contribution in [2.75, 3.05) is 0 Å². The molecular weight excluding hydrogens is 348 g/mol. The molecule has 0 bridgehead atoms. The standard InChI is InChI=1S/C16H12N2O4S2/c1-10-6-7-23-13(10)8-14-15(19)17(16(20)24-14)9-11-2-4-12(5-3-11)18(21)22/h2-8H,9H2,1H3/b14-8+. The van der Waals surface area contributed by atoms with Gasteiger partial charge in [0.1, 0.15) is 0 Å². The average molecular weight is 360 g/mol. The number of carbonyl (C=O) groups excluding carboxylic acids is 2. The Labute approximate surface area is 145 Å². The van der Waals surface area contributed by atoms with Crippen molar-refractivity contribution in [2.24, 2.45) is 0 Å². The molecule has 1 fully saturated rings. The van der Waals surface area contributed by atoms with Gasteiger partial charge in [0.25, 0.3) is 16.8 Å². The molecule has 0 spiro atoms. The molecule has 2 amide bonds. The van der Waals surface area contributed by atoms with Crippen LogP contribution in [-0.2, 0) is 11.3 Å². The van der Waals surface area contributed by atoms with Crippen LogP contribution in [0.25, 0.3) is 6.08 Å². The van der Waals surface area contributed by atoms with Crippen LogP contribution < -0.4 is 0 Å². The lowest BCUT2D eigenvalue weighted by atomic mass is 10.2. The number of aryl methyl sites for hydroxylation is 1. The summed E-state index contributed by atoms with van der Waals surface area (Å²) in [5, 5.41) is 12.3. The summed E-state index contributed by atoms with van der Waals surface area (Å²) in [5.74, 6) is -0.337. The van der Waals surface area contributed by atoms with Gasteiger partial charge >= 0.3 is 0 Å². The summed E-state index contributed by atoms with van der Waals surface area (Å²) in [7, 11) is 0. The van der Waals surface area contributed by atoms with Gasteiger partial charge in [-0.3, -0.25) is 24.6 Å². The van der Waals surface area contributed by atoms with Gasteiger partial charge in [-0.25, -0.2) is 0 Å². The zero-order valence-corrected chi connectivity index (χ0v) is 14.2. The Morgan fingerprint density at radius 1 is 1.21 bits per heavy atom. The smallest absolute Gasteiger partial charge is 0.268 e. The van der Waals surface area contributed by atoms with Gasteiger partial charge in [-0.1, -0.05) is 12.1 Å². The monoisotopic (exact) mass is 360 g/mol. The molecule has 0 aliphatic carbocycles. The van der Waals surface area contributed by atoms with Crippen molar-refractivity contribution < 1.29 is 14.5 Å². The van der Waals surface area contributed by atoms with E-state index in [1.807, 2.05) is 18.4 Å². The Kier molecular flexibility index (Phi) is 4.50. The fraction of sp³-hybridized carbons (Fsp3) is 0.125. The highest BCUT2D eigenvalue weighted by molar-refractivity contribution is 8.18. The number of hydrogen-bond acceptors (Lipinski definition) is 6. The Morgan fingerprint density at radius 2 is 1.92 bits per heavy atom. The van der Waals surface area contributed by atoms with E-state index >= 15 is 0 Å². The van der Waals surface area contributed by atoms with E-state index in [9.17, 15) is 19.7 Å². The maximum absolute atomic E-state index is 12.4. The third kappa shape index (κ3) is 3.24. The highest BCUT2D eigenvalue weighted by Gasteiger charge is 2.35. The zero-order chi connectivity index (χ0) is 17.3. The van der Waals surface area contributed by atoms with Crippen LogP contribution in [0.15, 0.2) is 40.6 Å². The fourth-order valence-corrected chi connectivity index (χ4v) is 3.95. The maximum Gasteiger partial charge on any atom is 0.293 e. The number of nitro groups is 1. The van der Waals surface area contributed by atoms with Crippen LogP contribution in [0.5, 0.6) is 0 Å². The van der Waals surface area contributed by atoms with Crippen molar-refractivity contribution in [3.63, 3.8) is 0 Å². The highest BCUT2D eigenvalue weighted by Crippen LogP contribution is 2.34. The fourth-order valence-electron chi connectivity index (χ4n) is 2.19. The third-order valence-corrected chi connectivity index (χ3v) is 5.40. The molecule has 2 heterocycles. The lowest BCUT2D eigenvalue weighted by molar-refractivity contribution is -0.384. The van der Waals surface area contributed by atoms with Crippen molar-refractivity contribution in [1.82, 2.24) is 4.90 Å². The molecule has 1 aliphatic rings.